The fraction of sp³-hybridized carbons (Fsp3) is 0.375. The van der Waals surface area contributed by atoms with Gasteiger partial charge in [0, 0.05) is 24.6 Å². The Hall–Kier alpha value is -1.90. The molecule has 0 amide bonds. The maximum absolute atomic E-state index is 4.65. The Labute approximate surface area is 115 Å². The standard InChI is InChI=1S/C16H21N3/c1-3-8-15-18-14(13-9-6-5-7-10-13)12-16(19-15)17-11-4-2/h5-7,9-10,12H,3-4,8,11H2,1-2H3,(H,17,18,19). The van der Waals surface area contributed by atoms with Gasteiger partial charge in [0.2, 0.25) is 0 Å². The molecule has 0 spiro atoms. The third-order valence-electron chi connectivity index (χ3n) is 2.87. The van der Waals surface area contributed by atoms with Crippen LogP contribution in [0.1, 0.15) is 32.5 Å². The van der Waals surface area contributed by atoms with Gasteiger partial charge in [0.05, 0.1) is 5.69 Å². The van der Waals surface area contributed by atoms with Crippen LogP contribution in [0.4, 0.5) is 5.82 Å². The number of nitrogens with one attached hydrogen (secondary N) is 1. The summed E-state index contributed by atoms with van der Waals surface area (Å²) < 4.78 is 0. The van der Waals surface area contributed by atoms with Crippen LogP contribution in [-0.2, 0) is 6.42 Å². The fourth-order valence-corrected chi connectivity index (χ4v) is 1.93. The molecule has 2 rings (SSSR count). The summed E-state index contributed by atoms with van der Waals surface area (Å²) in [5.41, 5.74) is 2.14. The lowest BCUT2D eigenvalue weighted by molar-refractivity contribution is 0.834. The van der Waals surface area contributed by atoms with Gasteiger partial charge in [-0.05, 0) is 12.8 Å². The lowest BCUT2D eigenvalue weighted by Gasteiger charge is -2.09. The molecular formula is C16H21N3. The van der Waals surface area contributed by atoms with E-state index in [0.717, 1.165) is 48.7 Å². The van der Waals surface area contributed by atoms with Gasteiger partial charge < -0.3 is 5.32 Å². The molecule has 1 heterocycles. The molecule has 0 unspecified atom stereocenters. The van der Waals surface area contributed by atoms with E-state index in [-0.39, 0.29) is 0 Å². The zero-order chi connectivity index (χ0) is 13.5. The Kier molecular flexibility index (Phi) is 4.90. The average Bonchev–Trinajstić information content (AvgIpc) is 2.46. The normalized spacial score (nSPS) is 10.4. The third kappa shape index (κ3) is 3.78. The molecule has 1 aromatic heterocycles. The van der Waals surface area contributed by atoms with Crippen molar-refractivity contribution < 1.29 is 0 Å². The van der Waals surface area contributed by atoms with Gasteiger partial charge in [-0.2, -0.15) is 0 Å². The molecule has 0 radical (unpaired) electrons. The quantitative estimate of drug-likeness (QED) is 0.850. The minimum atomic E-state index is 0.918. The van der Waals surface area contributed by atoms with Crippen molar-refractivity contribution in [1.29, 1.82) is 0 Å². The fourth-order valence-electron chi connectivity index (χ4n) is 1.93. The molecule has 3 nitrogen and oxygen atoms in total. The number of rotatable bonds is 6. The molecule has 1 N–H and O–H groups in total. The molecule has 0 aliphatic heterocycles. The first kappa shape index (κ1) is 13.5. The molecule has 3 heteroatoms. The predicted molar refractivity (Wildman–Crippen MR) is 80.2 cm³/mol. The number of hydrogen-bond donors (Lipinski definition) is 1. The van der Waals surface area contributed by atoms with Crippen LogP contribution in [0.2, 0.25) is 0 Å². The summed E-state index contributed by atoms with van der Waals surface area (Å²) >= 11 is 0. The van der Waals surface area contributed by atoms with Crippen LogP contribution in [0.25, 0.3) is 11.3 Å². The molecule has 1 aromatic carbocycles. The molecule has 0 atom stereocenters. The highest BCUT2D eigenvalue weighted by atomic mass is 15.0. The van der Waals surface area contributed by atoms with E-state index in [1.807, 2.05) is 24.3 Å². The van der Waals surface area contributed by atoms with Gasteiger partial charge >= 0.3 is 0 Å². The Balaban J connectivity index is 2.33. The maximum atomic E-state index is 4.65. The van der Waals surface area contributed by atoms with Crippen molar-refractivity contribution in [2.24, 2.45) is 0 Å². The zero-order valence-electron chi connectivity index (χ0n) is 11.7. The predicted octanol–water partition coefficient (Wildman–Crippen LogP) is 3.92. The van der Waals surface area contributed by atoms with Crippen molar-refractivity contribution in [1.82, 2.24) is 9.97 Å². The first-order valence-electron chi connectivity index (χ1n) is 7.00. The highest BCUT2D eigenvalue weighted by Gasteiger charge is 2.05. The summed E-state index contributed by atoms with van der Waals surface area (Å²) in [7, 11) is 0. The first-order chi connectivity index (χ1) is 9.33. The topological polar surface area (TPSA) is 37.8 Å². The number of benzene rings is 1. The van der Waals surface area contributed by atoms with Crippen molar-refractivity contribution in [3.63, 3.8) is 0 Å². The van der Waals surface area contributed by atoms with Crippen molar-refractivity contribution in [2.45, 2.75) is 33.1 Å². The molecule has 0 aliphatic rings. The molecule has 0 fully saturated rings. The van der Waals surface area contributed by atoms with Gasteiger partial charge in [-0.15, -0.1) is 0 Å². The van der Waals surface area contributed by atoms with E-state index >= 15 is 0 Å². The molecular weight excluding hydrogens is 234 g/mol. The van der Waals surface area contributed by atoms with Gasteiger partial charge in [0.25, 0.3) is 0 Å². The maximum Gasteiger partial charge on any atom is 0.131 e. The van der Waals surface area contributed by atoms with Gasteiger partial charge in [-0.25, -0.2) is 9.97 Å². The van der Waals surface area contributed by atoms with E-state index in [2.05, 4.69) is 41.3 Å². The van der Waals surface area contributed by atoms with Gasteiger partial charge in [0.1, 0.15) is 11.6 Å². The number of anilines is 1. The third-order valence-corrected chi connectivity index (χ3v) is 2.87. The summed E-state index contributed by atoms with van der Waals surface area (Å²) in [4.78, 5) is 9.21. The summed E-state index contributed by atoms with van der Waals surface area (Å²) in [5, 5.41) is 3.35. The van der Waals surface area contributed by atoms with Crippen molar-refractivity contribution in [3.8, 4) is 11.3 Å². The molecule has 2 aromatic rings. The molecule has 0 saturated heterocycles. The van der Waals surface area contributed by atoms with Crippen LogP contribution in [0, 0.1) is 0 Å². The molecule has 0 saturated carbocycles. The second kappa shape index (κ2) is 6.88. The summed E-state index contributed by atoms with van der Waals surface area (Å²) in [5.74, 6) is 1.85. The molecule has 19 heavy (non-hydrogen) atoms. The Morgan fingerprint density at radius 1 is 1.00 bits per heavy atom. The second-order valence-electron chi connectivity index (χ2n) is 4.60. The first-order valence-corrected chi connectivity index (χ1v) is 7.00. The van der Waals surface area contributed by atoms with Gasteiger partial charge in [-0.1, -0.05) is 44.2 Å². The Bertz CT molecular complexity index is 509. The van der Waals surface area contributed by atoms with Crippen LogP contribution in [-0.4, -0.2) is 16.5 Å². The SMILES string of the molecule is CCCNc1cc(-c2ccccc2)nc(CCC)n1. The van der Waals surface area contributed by atoms with Crippen LogP contribution in [0.3, 0.4) is 0 Å². The van der Waals surface area contributed by atoms with E-state index in [0.29, 0.717) is 0 Å². The van der Waals surface area contributed by atoms with Crippen molar-refractivity contribution in [3.05, 3.63) is 42.2 Å². The van der Waals surface area contributed by atoms with E-state index < -0.39 is 0 Å². The minimum absolute atomic E-state index is 0.918. The number of nitrogens with zero attached hydrogens (tertiary/aromatic N) is 2. The summed E-state index contributed by atoms with van der Waals surface area (Å²) in [6.07, 6.45) is 3.07. The van der Waals surface area contributed by atoms with Crippen LogP contribution in [0.5, 0.6) is 0 Å². The summed E-state index contributed by atoms with van der Waals surface area (Å²) in [6.45, 7) is 5.24. The monoisotopic (exact) mass is 255 g/mol. The van der Waals surface area contributed by atoms with Crippen molar-refractivity contribution >= 4 is 5.82 Å². The van der Waals surface area contributed by atoms with E-state index in [4.69, 9.17) is 0 Å². The smallest absolute Gasteiger partial charge is 0.131 e. The van der Waals surface area contributed by atoms with Crippen LogP contribution >= 0.6 is 0 Å². The lowest BCUT2D eigenvalue weighted by atomic mass is 10.1. The van der Waals surface area contributed by atoms with Gasteiger partial charge in [0.15, 0.2) is 0 Å². The molecule has 0 aliphatic carbocycles. The number of hydrogen-bond acceptors (Lipinski definition) is 3. The van der Waals surface area contributed by atoms with Crippen molar-refractivity contribution in [2.75, 3.05) is 11.9 Å². The van der Waals surface area contributed by atoms with Crippen LogP contribution < -0.4 is 5.32 Å². The average molecular weight is 255 g/mol. The highest BCUT2D eigenvalue weighted by molar-refractivity contribution is 5.62. The second-order valence-corrected chi connectivity index (χ2v) is 4.60. The molecule has 100 valence electrons. The Morgan fingerprint density at radius 2 is 1.79 bits per heavy atom. The molecule has 0 bridgehead atoms. The van der Waals surface area contributed by atoms with E-state index in [1.54, 1.807) is 0 Å². The van der Waals surface area contributed by atoms with Crippen LogP contribution in [0.15, 0.2) is 36.4 Å². The zero-order valence-corrected chi connectivity index (χ0v) is 11.7. The van der Waals surface area contributed by atoms with Gasteiger partial charge in [-0.3, -0.25) is 0 Å². The highest BCUT2D eigenvalue weighted by Crippen LogP contribution is 2.20. The number of aryl methyl sites for hydroxylation is 1. The summed E-state index contributed by atoms with van der Waals surface area (Å²) in [6, 6.07) is 12.3. The lowest BCUT2D eigenvalue weighted by Crippen LogP contribution is -2.06. The minimum Gasteiger partial charge on any atom is -0.370 e. The Morgan fingerprint density at radius 3 is 2.47 bits per heavy atom. The van der Waals surface area contributed by atoms with E-state index in [1.165, 1.54) is 0 Å². The largest absolute Gasteiger partial charge is 0.370 e. The van der Waals surface area contributed by atoms with E-state index in [9.17, 15) is 0 Å². The number of aromatic nitrogens is 2.